The molecule has 0 saturated heterocycles. The molecule has 1 heterocycles. The molecule has 0 aliphatic rings. The van der Waals surface area contributed by atoms with Crippen LogP contribution in [0.4, 0.5) is 0 Å². The van der Waals surface area contributed by atoms with E-state index in [4.69, 9.17) is 23.2 Å². The lowest BCUT2D eigenvalue weighted by Crippen LogP contribution is -1.83. The summed E-state index contributed by atoms with van der Waals surface area (Å²) < 4.78 is 0. The van der Waals surface area contributed by atoms with Gasteiger partial charge in [-0.2, -0.15) is 0 Å². The zero-order valence-corrected chi connectivity index (χ0v) is 9.76. The van der Waals surface area contributed by atoms with Gasteiger partial charge in [-0.1, -0.05) is 47.5 Å². The average molecular weight is 248 g/mol. The molecule has 78 valence electrons. The van der Waals surface area contributed by atoms with E-state index in [0.29, 0.717) is 10.0 Å². The molecule has 0 bridgehead atoms. The van der Waals surface area contributed by atoms with Crippen LogP contribution in [0.5, 0.6) is 0 Å². The van der Waals surface area contributed by atoms with Gasteiger partial charge < -0.3 is 0 Å². The summed E-state index contributed by atoms with van der Waals surface area (Å²) in [7, 11) is 0. The molecule has 0 atom stereocenters. The Morgan fingerprint density at radius 3 is 2.56 bits per heavy atom. The molecule has 3 aromatic rings. The van der Waals surface area contributed by atoms with Crippen LogP contribution < -0.4 is 0 Å². The lowest BCUT2D eigenvalue weighted by molar-refractivity contribution is 1.50. The van der Waals surface area contributed by atoms with Crippen LogP contribution in [0.2, 0.25) is 10.0 Å². The Kier molecular flexibility index (Phi) is 2.23. The number of hydrogen-bond donors (Lipinski definition) is 0. The molecular weight excluding hydrogens is 241 g/mol. The normalized spacial score (nSPS) is 11.1. The second kappa shape index (κ2) is 3.62. The smallest absolute Gasteiger partial charge is 0.0911 e. The van der Waals surface area contributed by atoms with Crippen molar-refractivity contribution >= 4 is 45.0 Å². The summed E-state index contributed by atoms with van der Waals surface area (Å²) in [5, 5.41) is 3.17. The molecule has 0 aliphatic carbocycles. The van der Waals surface area contributed by atoms with Crippen molar-refractivity contribution in [3.05, 3.63) is 52.5 Å². The Morgan fingerprint density at radius 1 is 0.875 bits per heavy atom. The second-order valence-electron chi connectivity index (χ2n) is 3.61. The first-order chi connectivity index (χ1) is 7.75. The summed E-state index contributed by atoms with van der Waals surface area (Å²) in [6, 6.07) is 13.7. The monoisotopic (exact) mass is 247 g/mol. The summed E-state index contributed by atoms with van der Waals surface area (Å²) in [6.07, 6.45) is 0. The fourth-order valence-corrected chi connectivity index (χ4v) is 2.15. The van der Waals surface area contributed by atoms with Gasteiger partial charge in [-0.05, 0) is 18.2 Å². The van der Waals surface area contributed by atoms with Crippen LogP contribution in [-0.2, 0) is 0 Å². The van der Waals surface area contributed by atoms with Gasteiger partial charge in [-0.3, -0.25) is 0 Å². The third-order valence-electron chi connectivity index (χ3n) is 2.58. The number of nitrogens with zero attached hydrogens (tertiary/aromatic N) is 1. The maximum atomic E-state index is 6.13. The molecule has 1 nitrogen and oxygen atoms in total. The standard InChI is InChI=1S/C13H7Cl2N/c14-10-6-5-9-7-8-3-1-2-4-11(8)16-13(9)12(10)15/h1-7H. The van der Waals surface area contributed by atoms with Crippen molar-refractivity contribution < 1.29 is 0 Å². The van der Waals surface area contributed by atoms with E-state index in [1.165, 1.54) is 0 Å². The average Bonchev–Trinajstić information content (AvgIpc) is 2.32. The minimum atomic E-state index is 0.518. The van der Waals surface area contributed by atoms with Gasteiger partial charge in [0.2, 0.25) is 0 Å². The lowest BCUT2D eigenvalue weighted by atomic mass is 10.1. The summed E-state index contributed by atoms with van der Waals surface area (Å²) in [5.74, 6) is 0. The number of rotatable bonds is 0. The third kappa shape index (κ3) is 1.44. The molecule has 0 spiro atoms. The van der Waals surface area contributed by atoms with E-state index >= 15 is 0 Å². The minimum absolute atomic E-state index is 0.518. The Labute approximate surface area is 103 Å². The van der Waals surface area contributed by atoms with Crippen molar-refractivity contribution in [3.8, 4) is 0 Å². The molecule has 3 heteroatoms. The van der Waals surface area contributed by atoms with Gasteiger partial charge in [-0.25, -0.2) is 4.98 Å². The zero-order valence-electron chi connectivity index (χ0n) is 8.24. The predicted octanol–water partition coefficient (Wildman–Crippen LogP) is 4.69. The van der Waals surface area contributed by atoms with Crippen LogP contribution in [0, 0.1) is 0 Å². The van der Waals surface area contributed by atoms with E-state index in [2.05, 4.69) is 11.1 Å². The van der Waals surface area contributed by atoms with Crippen LogP contribution in [0.15, 0.2) is 42.5 Å². The minimum Gasteiger partial charge on any atom is -0.246 e. The van der Waals surface area contributed by atoms with Gasteiger partial charge in [0, 0.05) is 10.8 Å². The van der Waals surface area contributed by atoms with E-state index < -0.39 is 0 Å². The molecule has 0 fully saturated rings. The molecule has 0 saturated carbocycles. The Bertz CT molecular complexity index is 692. The summed E-state index contributed by atoms with van der Waals surface area (Å²) >= 11 is 12.1. The van der Waals surface area contributed by atoms with Crippen molar-refractivity contribution in [3.63, 3.8) is 0 Å². The highest BCUT2D eigenvalue weighted by Crippen LogP contribution is 2.31. The Hall–Kier alpha value is -1.31. The van der Waals surface area contributed by atoms with Crippen LogP contribution >= 0.6 is 23.2 Å². The molecular formula is C13H7Cl2N. The molecule has 0 unspecified atom stereocenters. The molecule has 0 aliphatic heterocycles. The molecule has 0 N–H and O–H groups in total. The van der Waals surface area contributed by atoms with Gasteiger partial charge in [-0.15, -0.1) is 0 Å². The van der Waals surface area contributed by atoms with Crippen LogP contribution in [0.1, 0.15) is 0 Å². The van der Waals surface area contributed by atoms with E-state index in [1.807, 2.05) is 30.3 Å². The summed E-state index contributed by atoms with van der Waals surface area (Å²) in [6.45, 7) is 0. The zero-order chi connectivity index (χ0) is 11.1. The highest BCUT2D eigenvalue weighted by atomic mass is 35.5. The topological polar surface area (TPSA) is 12.9 Å². The van der Waals surface area contributed by atoms with E-state index in [-0.39, 0.29) is 0 Å². The van der Waals surface area contributed by atoms with Gasteiger partial charge in [0.05, 0.1) is 21.1 Å². The molecule has 16 heavy (non-hydrogen) atoms. The first-order valence-electron chi connectivity index (χ1n) is 4.89. The second-order valence-corrected chi connectivity index (χ2v) is 4.40. The van der Waals surface area contributed by atoms with E-state index in [1.54, 1.807) is 6.07 Å². The highest BCUT2D eigenvalue weighted by molar-refractivity contribution is 6.45. The number of fused-ring (bicyclic) bond motifs is 2. The number of aromatic nitrogens is 1. The van der Waals surface area contributed by atoms with E-state index in [0.717, 1.165) is 21.8 Å². The van der Waals surface area contributed by atoms with Gasteiger partial charge in [0.1, 0.15) is 0 Å². The molecule has 0 radical (unpaired) electrons. The van der Waals surface area contributed by atoms with Gasteiger partial charge >= 0.3 is 0 Å². The molecule has 2 aromatic carbocycles. The van der Waals surface area contributed by atoms with Crippen molar-refractivity contribution in [2.45, 2.75) is 0 Å². The van der Waals surface area contributed by atoms with Crippen molar-refractivity contribution in [2.75, 3.05) is 0 Å². The lowest BCUT2D eigenvalue weighted by Gasteiger charge is -2.04. The summed E-state index contributed by atoms with van der Waals surface area (Å²) in [4.78, 5) is 4.52. The Morgan fingerprint density at radius 2 is 1.69 bits per heavy atom. The van der Waals surface area contributed by atoms with Crippen LogP contribution in [0.25, 0.3) is 21.8 Å². The first-order valence-corrected chi connectivity index (χ1v) is 5.65. The quantitative estimate of drug-likeness (QED) is 0.525. The number of pyridine rings is 1. The first kappa shape index (κ1) is 9.88. The fraction of sp³-hybridized carbons (Fsp3) is 0. The van der Waals surface area contributed by atoms with Crippen molar-refractivity contribution in [2.24, 2.45) is 0 Å². The number of halogens is 2. The van der Waals surface area contributed by atoms with Gasteiger partial charge in [0.15, 0.2) is 0 Å². The Balaban J connectivity index is 2.51. The molecule has 3 rings (SSSR count). The van der Waals surface area contributed by atoms with Crippen molar-refractivity contribution in [1.82, 2.24) is 4.98 Å². The maximum absolute atomic E-state index is 6.13. The number of benzene rings is 2. The van der Waals surface area contributed by atoms with Gasteiger partial charge in [0.25, 0.3) is 0 Å². The largest absolute Gasteiger partial charge is 0.246 e. The van der Waals surface area contributed by atoms with Crippen LogP contribution in [0.3, 0.4) is 0 Å². The SMILES string of the molecule is Clc1ccc2cc3ccccc3nc2c1Cl. The maximum Gasteiger partial charge on any atom is 0.0911 e. The molecule has 0 amide bonds. The molecule has 1 aromatic heterocycles. The highest BCUT2D eigenvalue weighted by Gasteiger charge is 2.06. The fourth-order valence-electron chi connectivity index (χ4n) is 1.78. The summed E-state index contributed by atoms with van der Waals surface area (Å²) in [5.41, 5.74) is 1.69. The number of hydrogen-bond acceptors (Lipinski definition) is 1. The predicted molar refractivity (Wildman–Crippen MR) is 69.3 cm³/mol. The van der Waals surface area contributed by atoms with Crippen molar-refractivity contribution in [1.29, 1.82) is 0 Å². The van der Waals surface area contributed by atoms with Crippen LogP contribution in [-0.4, -0.2) is 4.98 Å². The third-order valence-corrected chi connectivity index (χ3v) is 3.37. The number of para-hydroxylation sites is 1. The van der Waals surface area contributed by atoms with E-state index in [9.17, 15) is 0 Å².